The van der Waals surface area contributed by atoms with Gasteiger partial charge < -0.3 is 10.2 Å². The molecule has 5 heteroatoms. The van der Waals surface area contributed by atoms with Crippen LogP contribution in [0.1, 0.15) is 58.9 Å². The standard InChI is InChI=1S/C16H24N2O2S/c1-12-6-3-4-10-18(12)11-5-9-17-16(20)15-8-7-14(21-15)13(2)19/h7-8,12H,3-6,9-11H2,1-2H3,(H,17,20)/p+1/t12-/m1/s1. The highest BCUT2D eigenvalue weighted by molar-refractivity contribution is 7.15. The Kier molecular flexibility index (Phi) is 5.94. The van der Waals surface area contributed by atoms with E-state index in [1.54, 1.807) is 17.0 Å². The van der Waals surface area contributed by atoms with E-state index in [1.165, 1.54) is 44.1 Å². The van der Waals surface area contributed by atoms with Gasteiger partial charge in [-0.3, -0.25) is 9.59 Å². The molecule has 0 bridgehead atoms. The number of ketones is 1. The smallest absolute Gasteiger partial charge is 0.261 e. The number of Topliss-reactive ketones (excluding diaryl/α,β-unsaturated/α-hetero) is 1. The number of amides is 1. The van der Waals surface area contributed by atoms with Crippen molar-refractivity contribution in [1.82, 2.24) is 5.32 Å². The molecule has 116 valence electrons. The Morgan fingerprint density at radius 1 is 1.33 bits per heavy atom. The van der Waals surface area contributed by atoms with E-state index in [0.717, 1.165) is 19.0 Å². The van der Waals surface area contributed by atoms with Gasteiger partial charge in [0.05, 0.1) is 28.9 Å². The van der Waals surface area contributed by atoms with Gasteiger partial charge in [-0.15, -0.1) is 11.3 Å². The lowest BCUT2D eigenvalue weighted by atomic mass is 10.0. The van der Waals surface area contributed by atoms with E-state index in [2.05, 4.69) is 12.2 Å². The van der Waals surface area contributed by atoms with Gasteiger partial charge >= 0.3 is 0 Å². The van der Waals surface area contributed by atoms with Crippen molar-refractivity contribution in [3.63, 3.8) is 0 Å². The molecule has 1 aromatic heterocycles. The van der Waals surface area contributed by atoms with Gasteiger partial charge in [0.25, 0.3) is 5.91 Å². The molecule has 0 aliphatic carbocycles. The van der Waals surface area contributed by atoms with Crippen molar-refractivity contribution in [2.75, 3.05) is 19.6 Å². The van der Waals surface area contributed by atoms with Gasteiger partial charge in [0.15, 0.2) is 5.78 Å². The summed E-state index contributed by atoms with van der Waals surface area (Å²) in [6.45, 7) is 6.95. The first kappa shape index (κ1) is 16.2. The van der Waals surface area contributed by atoms with E-state index in [1.807, 2.05) is 0 Å². The van der Waals surface area contributed by atoms with Crippen LogP contribution < -0.4 is 10.2 Å². The van der Waals surface area contributed by atoms with Crippen molar-refractivity contribution >= 4 is 23.0 Å². The monoisotopic (exact) mass is 309 g/mol. The maximum Gasteiger partial charge on any atom is 0.261 e. The van der Waals surface area contributed by atoms with Crippen molar-refractivity contribution in [3.8, 4) is 0 Å². The van der Waals surface area contributed by atoms with E-state index in [9.17, 15) is 9.59 Å². The van der Waals surface area contributed by atoms with Crippen LogP contribution in [0, 0.1) is 0 Å². The van der Waals surface area contributed by atoms with Gasteiger partial charge in [-0.25, -0.2) is 0 Å². The van der Waals surface area contributed by atoms with E-state index in [-0.39, 0.29) is 11.7 Å². The van der Waals surface area contributed by atoms with Gasteiger partial charge in [-0.2, -0.15) is 0 Å². The summed E-state index contributed by atoms with van der Waals surface area (Å²) in [7, 11) is 0. The van der Waals surface area contributed by atoms with Crippen LogP contribution in [0.3, 0.4) is 0 Å². The summed E-state index contributed by atoms with van der Waals surface area (Å²) in [6.07, 6.45) is 5.02. The first-order chi connectivity index (χ1) is 10.1. The Bertz CT molecular complexity index is 498. The van der Waals surface area contributed by atoms with Gasteiger partial charge in [0.1, 0.15) is 0 Å². The van der Waals surface area contributed by atoms with Crippen LogP contribution in [-0.2, 0) is 0 Å². The largest absolute Gasteiger partial charge is 0.351 e. The first-order valence-corrected chi connectivity index (χ1v) is 8.63. The second-order valence-corrected chi connectivity index (χ2v) is 6.97. The molecule has 0 aromatic carbocycles. The quantitative estimate of drug-likeness (QED) is 0.618. The molecule has 0 saturated carbocycles. The number of rotatable bonds is 6. The van der Waals surface area contributed by atoms with Crippen LogP contribution in [0.25, 0.3) is 0 Å². The lowest BCUT2D eigenvalue weighted by Crippen LogP contribution is -3.16. The summed E-state index contributed by atoms with van der Waals surface area (Å²) in [5, 5.41) is 2.95. The molecular formula is C16H25N2O2S+. The Morgan fingerprint density at radius 3 is 2.76 bits per heavy atom. The molecule has 2 heterocycles. The minimum Gasteiger partial charge on any atom is -0.351 e. The van der Waals surface area contributed by atoms with Crippen molar-refractivity contribution < 1.29 is 14.5 Å². The molecule has 0 radical (unpaired) electrons. The number of piperidine rings is 1. The topological polar surface area (TPSA) is 50.6 Å². The Balaban J connectivity index is 1.70. The first-order valence-electron chi connectivity index (χ1n) is 7.81. The SMILES string of the molecule is CC(=O)c1ccc(C(=O)NCCC[NH+]2CCCC[C@H]2C)s1. The second-order valence-electron chi connectivity index (χ2n) is 5.88. The van der Waals surface area contributed by atoms with E-state index >= 15 is 0 Å². The third kappa shape index (κ3) is 4.64. The lowest BCUT2D eigenvalue weighted by Gasteiger charge is -2.30. The highest BCUT2D eigenvalue weighted by atomic mass is 32.1. The highest BCUT2D eigenvalue weighted by Gasteiger charge is 2.21. The average molecular weight is 309 g/mol. The Hall–Kier alpha value is -1.20. The van der Waals surface area contributed by atoms with Crippen LogP contribution >= 0.6 is 11.3 Å². The zero-order valence-corrected chi connectivity index (χ0v) is 13.7. The van der Waals surface area contributed by atoms with Gasteiger partial charge in [0.2, 0.25) is 0 Å². The molecule has 1 fully saturated rings. The summed E-state index contributed by atoms with van der Waals surface area (Å²) in [6, 6.07) is 4.21. The summed E-state index contributed by atoms with van der Waals surface area (Å²) >= 11 is 1.27. The highest BCUT2D eigenvalue weighted by Crippen LogP contribution is 2.16. The fourth-order valence-corrected chi connectivity index (χ4v) is 3.70. The van der Waals surface area contributed by atoms with Crippen LogP contribution in [-0.4, -0.2) is 37.4 Å². The predicted molar refractivity (Wildman–Crippen MR) is 85.3 cm³/mol. The van der Waals surface area contributed by atoms with E-state index in [0.29, 0.717) is 16.3 Å². The molecule has 0 spiro atoms. The Labute approximate surface area is 130 Å². The van der Waals surface area contributed by atoms with E-state index in [4.69, 9.17) is 0 Å². The number of hydrogen-bond acceptors (Lipinski definition) is 3. The molecule has 2 atom stereocenters. The zero-order valence-electron chi connectivity index (χ0n) is 12.9. The molecule has 1 aliphatic heterocycles. The summed E-state index contributed by atoms with van der Waals surface area (Å²) < 4.78 is 0. The number of nitrogens with one attached hydrogen (secondary N) is 2. The third-order valence-electron chi connectivity index (χ3n) is 4.22. The van der Waals surface area contributed by atoms with Crippen molar-refractivity contribution in [3.05, 3.63) is 21.9 Å². The number of likely N-dealkylation sites (tertiary alicyclic amines) is 1. The average Bonchev–Trinajstić information content (AvgIpc) is 2.95. The summed E-state index contributed by atoms with van der Waals surface area (Å²) in [5.41, 5.74) is 0. The van der Waals surface area contributed by atoms with Crippen LogP contribution in [0.4, 0.5) is 0 Å². The molecule has 1 aromatic rings. The molecule has 1 saturated heterocycles. The minimum atomic E-state index is -0.0609. The number of hydrogen-bond donors (Lipinski definition) is 2. The molecule has 2 rings (SSSR count). The number of quaternary nitrogens is 1. The molecule has 1 unspecified atom stereocenters. The fourth-order valence-electron chi connectivity index (χ4n) is 2.88. The van der Waals surface area contributed by atoms with Gasteiger partial charge in [0, 0.05) is 13.0 Å². The lowest BCUT2D eigenvalue weighted by molar-refractivity contribution is -0.928. The second kappa shape index (κ2) is 7.71. The molecule has 21 heavy (non-hydrogen) atoms. The van der Waals surface area contributed by atoms with E-state index < -0.39 is 0 Å². The molecule has 2 N–H and O–H groups in total. The van der Waals surface area contributed by atoms with Crippen LogP contribution in [0.2, 0.25) is 0 Å². The van der Waals surface area contributed by atoms with Crippen molar-refractivity contribution in [1.29, 1.82) is 0 Å². The summed E-state index contributed by atoms with van der Waals surface area (Å²) in [5.74, 6) is -0.0454. The number of carbonyl (C=O) groups excluding carboxylic acids is 2. The zero-order chi connectivity index (χ0) is 15.2. The number of carbonyl (C=O) groups is 2. The Morgan fingerprint density at radius 2 is 2.10 bits per heavy atom. The van der Waals surface area contributed by atoms with Crippen molar-refractivity contribution in [2.24, 2.45) is 0 Å². The number of thiophene rings is 1. The van der Waals surface area contributed by atoms with Gasteiger partial charge in [-0.1, -0.05) is 0 Å². The molecular weight excluding hydrogens is 284 g/mol. The summed E-state index contributed by atoms with van der Waals surface area (Å²) in [4.78, 5) is 26.1. The van der Waals surface area contributed by atoms with Gasteiger partial charge in [-0.05, 0) is 45.2 Å². The molecule has 4 nitrogen and oxygen atoms in total. The third-order valence-corrected chi connectivity index (χ3v) is 5.40. The molecule has 1 amide bonds. The fraction of sp³-hybridized carbons (Fsp3) is 0.625. The van der Waals surface area contributed by atoms with Crippen LogP contribution in [0.5, 0.6) is 0 Å². The maximum absolute atomic E-state index is 12.0. The minimum absolute atomic E-state index is 0.0155. The normalized spacial score (nSPS) is 22.0. The predicted octanol–water partition coefficient (Wildman–Crippen LogP) is 1.53. The van der Waals surface area contributed by atoms with Crippen LogP contribution in [0.15, 0.2) is 12.1 Å². The maximum atomic E-state index is 12.0. The van der Waals surface area contributed by atoms with Crippen molar-refractivity contribution in [2.45, 2.75) is 45.6 Å². The molecule has 1 aliphatic rings.